The van der Waals surface area contributed by atoms with E-state index in [0.717, 1.165) is 24.0 Å². The summed E-state index contributed by atoms with van der Waals surface area (Å²) in [5.41, 5.74) is 13.9. The van der Waals surface area contributed by atoms with E-state index in [2.05, 4.69) is 0 Å². The number of benzene rings is 1. The van der Waals surface area contributed by atoms with Gasteiger partial charge in [0, 0.05) is 11.7 Å². The molecule has 1 aromatic carbocycles. The van der Waals surface area contributed by atoms with Crippen LogP contribution in [0.15, 0.2) is 12.1 Å². The Balaban J connectivity index is 2.55. The van der Waals surface area contributed by atoms with E-state index in [9.17, 15) is 4.79 Å². The number of rotatable bonds is 1. The van der Waals surface area contributed by atoms with Crippen LogP contribution >= 0.6 is 0 Å². The molecule has 1 atom stereocenters. The average Bonchev–Trinajstić information content (AvgIpc) is 2.46. The van der Waals surface area contributed by atoms with Crippen LogP contribution in [-0.4, -0.2) is 11.1 Å². The molecule has 2 rings (SSSR count). The number of nitrogen functional groups attached to an aromatic ring is 1. The zero-order valence-corrected chi connectivity index (χ0v) is 7.66. The van der Waals surface area contributed by atoms with E-state index in [4.69, 9.17) is 16.6 Å². The van der Waals surface area contributed by atoms with E-state index < -0.39 is 5.97 Å². The topological polar surface area (TPSA) is 89.3 Å². The van der Waals surface area contributed by atoms with Gasteiger partial charge in [0.15, 0.2) is 0 Å². The van der Waals surface area contributed by atoms with Gasteiger partial charge >= 0.3 is 5.97 Å². The van der Waals surface area contributed by atoms with E-state index in [-0.39, 0.29) is 11.6 Å². The second-order valence-electron chi connectivity index (χ2n) is 3.59. The van der Waals surface area contributed by atoms with Gasteiger partial charge in [0.05, 0.1) is 5.56 Å². The highest BCUT2D eigenvalue weighted by Gasteiger charge is 2.22. The maximum Gasteiger partial charge on any atom is 0.337 e. The van der Waals surface area contributed by atoms with Crippen LogP contribution in [0.2, 0.25) is 0 Å². The lowest BCUT2D eigenvalue weighted by Gasteiger charge is -2.07. The number of nitrogens with two attached hydrogens (primary N) is 2. The first-order valence-corrected chi connectivity index (χ1v) is 4.50. The van der Waals surface area contributed by atoms with Gasteiger partial charge in [-0.3, -0.25) is 0 Å². The molecule has 0 saturated carbocycles. The van der Waals surface area contributed by atoms with Gasteiger partial charge in [-0.25, -0.2) is 4.79 Å². The molecule has 14 heavy (non-hydrogen) atoms. The molecule has 0 heterocycles. The second kappa shape index (κ2) is 2.99. The molecule has 0 saturated heterocycles. The number of anilines is 1. The largest absolute Gasteiger partial charge is 0.478 e. The van der Waals surface area contributed by atoms with Crippen molar-refractivity contribution in [2.75, 3.05) is 5.73 Å². The smallest absolute Gasteiger partial charge is 0.337 e. The van der Waals surface area contributed by atoms with Gasteiger partial charge in [-0.2, -0.15) is 0 Å². The molecule has 5 N–H and O–H groups in total. The summed E-state index contributed by atoms with van der Waals surface area (Å²) in [7, 11) is 0. The van der Waals surface area contributed by atoms with Crippen LogP contribution in [0.25, 0.3) is 0 Å². The van der Waals surface area contributed by atoms with Gasteiger partial charge in [-0.05, 0) is 36.1 Å². The molecule has 0 bridgehead atoms. The van der Waals surface area contributed by atoms with E-state index >= 15 is 0 Å². The normalized spacial score (nSPS) is 19.4. The molecule has 0 radical (unpaired) electrons. The van der Waals surface area contributed by atoms with Crippen molar-refractivity contribution < 1.29 is 9.90 Å². The number of aromatic carboxylic acids is 1. The maximum absolute atomic E-state index is 10.8. The molecule has 0 unspecified atom stereocenters. The third-order valence-electron chi connectivity index (χ3n) is 2.67. The van der Waals surface area contributed by atoms with Crippen molar-refractivity contribution in [1.29, 1.82) is 0 Å². The summed E-state index contributed by atoms with van der Waals surface area (Å²) in [6.45, 7) is 0. The predicted molar refractivity (Wildman–Crippen MR) is 53.1 cm³/mol. The molecule has 1 aliphatic carbocycles. The number of aryl methyl sites for hydroxylation is 1. The van der Waals surface area contributed by atoms with Crippen LogP contribution in [0.1, 0.15) is 33.9 Å². The van der Waals surface area contributed by atoms with Gasteiger partial charge in [0.1, 0.15) is 0 Å². The van der Waals surface area contributed by atoms with Crippen molar-refractivity contribution in [3.05, 3.63) is 28.8 Å². The monoisotopic (exact) mass is 192 g/mol. The van der Waals surface area contributed by atoms with E-state index in [1.807, 2.05) is 0 Å². The van der Waals surface area contributed by atoms with E-state index in [1.54, 1.807) is 12.1 Å². The van der Waals surface area contributed by atoms with Gasteiger partial charge < -0.3 is 16.6 Å². The lowest BCUT2D eigenvalue weighted by Crippen LogP contribution is -2.08. The number of carbonyl (C=O) groups is 1. The second-order valence-corrected chi connectivity index (χ2v) is 3.59. The quantitative estimate of drug-likeness (QED) is 0.577. The first kappa shape index (κ1) is 9.02. The Morgan fingerprint density at radius 1 is 1.50 bits per heavy atom. The zero-order chi connectivity index (χ0) is 10.3. The Morgan fingerprint density at radius 2 is 2.21 bits per heavy atom. The number of carboxylic acid groups (broad SMARTS) is 1. The molecule has 0 fully saturated rings. The summed E-state index contributed by atoms with van der Waals surface area (Å²) in [5, 5.41) is 8.85. The van der Waals surface area contributed by atoms with Crippen LogP contribution in [-0.2, 0) is 6.42 Å². The van der Waals surface area contributed by atoms with Crippen molar-refractivity contribution in [2.24, 2.45) is 5.73 Å². The van der Waals surface area contributed by atoms with Gasteiger partial charge in [-0.15, -0.1) is 0 Å². The Bertz CT molecular complexity index is 401. The molecule has 1 aliphatic rings. The van der Waals surface area contributed by atoms with Gasteiger partial charge in [0.25, 0.3) is 0 Å². The Morgan fingerprint density at radius 3 is 2.86 bits per heavy atom. The first-order chi connectivity index (χ1) is 6.59. The molecule has 0 amide bonds. The third-order valence-corrected chi connectivity index (χ3v) is 2.67. The minimum atomic E-state index is -0.981. The van der Waals surface area contributed by atoms with Crippen LogP contribution < -0.4 is 11.5 Å². The molecular weight excluding hydrogens is 180 g/mol. The fourth-order valence-corrected chi connectivity index (χ4v) is 1.89. The van der Waals surface area contributed by atoms with Crippen molar-refractivity contribution in [3.63, 3.8) is 0 Å². The molecule has 4 heteroatoms. The predicted octanol–water partition coefficient (Wildman–Crippen LogP) is 0.913. The maximum atomic E-state index is 10.8. The molecule has 0 spiro atoms. The summed E-state index contributed by atoms with van der Waals surface area (Å²) in [6.07, 6.45) is 1.72. The lowest BCUT2D eigenvalue weighted by atomic mass is 10.0. The summed E-state index contributed by atoms with van der Waals surface area (Å²) >= 11 is 0. The molecule has 1 aromatic rings. The summed E-state index contributed by atoms with van der Waals surface area (Å²) in [6, 6.07) is 3.34. The highest BCUT2D eigenvalue weighted by atomic mass is 16.4. The molecular formula is C10H12N2O2. The van der Waals surface area contributed by atoms with Crippen LogP contribution in [0.5, 0.6) is 0 Å². The number of carboxylic acids is 1. The van der Waals surface area contributed by atoms with Crippen molar-refractivity contribution in [2.45, 2.75) is 18.9 Å². The van der Waals surface area contributed by atoms with Crippen LogP contribution in [0.3, 0.4) is 0 Å². The van der Waals surface area contributed by atoms with E-state index in [1.165, 1.54) is 0 Å². The van der Waals surface area contributed by atoms with Crippen molar-refractivity contribution in [3.8, 4) is 0 Å². The number of hydrogen-bond acceptors (Lipinski definition) is 3. The Labute approximate surface area is 81.5 Å². The van der Waals surface area contributed by atoms with Crippen LogP contribution in [0, 0.1) is 0 Å². The molecule has 0 aromatic heterocycles. The SMILES string of the molecule is Nc1cc2c(cc1C(=O)O)CC[C@H]2N. The summed E-state index contributed by atoms with van der Waals surface area (Å²) < 4.78 is 0. The lowest BCUT2D eigenvalue weighted by molar-refractivity contribution is 0.0698. The summed E-state index contributed by atoms with van der Waals surface area (Å²) in [4.78, 5) is 10.8. The highest BCUT2D eigenvalue weighted by Crippen LogP contribution is 2.32. The first-order valence-electron chi connectivity index (χ1n) is 4.50. The average molecular weight is 192 g/mol. The fourth-order valence-electron chi connectivity index (χ4n) is 1.89. The minimum Gasteiger partial charge on any atom is -0.478 e. The molecule has 4 nitrogen and oxygen atoms in total. The van der Waals surface area contributed by atoms with E-state index in [0.29, 0.717) is 5.69 Å². The minimum absolute atomic E-state index is 0.00939. The fraction of sp³-hybridized carbons (Fsp3) is 0.300. The standard InChI is InChI=1S/C10H12N2O2/c11-8-2-1-5-3-7(10(13)14)9(12)4-6(5)8/h3-4,8H,1-2,11-12H2,(H,13,14)/t8-/m1/s1. The van der Waals surface area contributed by atoms with Gasteiger partial charge in [0.2, 0.25) is 0 Å². The number of hydrogen-bond donors (Lipinski definition) is 3. The molecule has 0 aliphatic heterocycles. The summed E-state index contributed by atoms with van der Waals surface area (Å²) in [5.74, 6) is -0.981. The zero-order valence-electron chi connectivity index (χ0n) is 7.66. The van der Waals surface area contributed by atoms with Crippen molar-refractivity contribution >= 4 is 11.7 Å². The van der Waals surface area contributed by atoms with Crippen LogP contribution in [0.4, 0.5) is 5.69 Å². The third kappa shape index (κ3) is 1.24. The number of fused-ring (bicyclic) bond motifs is 1. The Hall–Kier alpha value is -1.55. The van der Waals surface area contributed by atoms with Gasteiger partial charge in [-0.1, -0.05) is 0 Å². The highest BCUT2D eigenvalue weighted by molar-refractivity contribution is 5.94. The Kier molecular flexibility index (Phi) is 1.93. The molecule has 74 valence electrons. The van der Waals surface area contributed by atoms with Crippen molar-refractivity contribution in [1.82, 2.24) is 0 Å².